The van der Waals surface area contributed by atoms with Crippen molar-refractivity contribution in [1.29, 1.82) is 0 Å². The maximum absolute atomic E-state index is 10.5. The fraction of sp³-hybridized carbons (Fsp3) is 0.583. The molecule has 5 nitrogen and oxygen atoms in total. The second-order valence-electron chi connectivity index (χ2n) is 4.06. The average molecular weight is 237 g/mol. The highest BCUT2D eigenvalue weighted by Gasteiger charge is 2.18. The fourth-order valence-electron chi connectivity index (χ4n) is 2.01. The summed E-state index contributed by atoms with van der Waals surface area (Å²) < 4.78 is 0. The second kappa shape index (κ2) is 6.30. The Labute approximate surface area is 101 Å². The van der Waals surface area contributed by atoms with Crippen molar-refractivity contribution in [2.75, 3.05) is 6.54 Å². The summed E-state index contributed by atoms with van der Waals surface area (Å²) in [5, 5.41) is 13.9. The van der Waals surface area contributed by atoms with Crippen LogP contribution >= 0.6 is 0 Å². The van der Waals surface area contributed by atoms with Crippen molar-refractivity contribution in [3.05, 3.63) is 34.1 Å². The Hall–Kier alpha value is -1.49. The predicted octanol–water partition coefficient (Wildman–Crippen LogP) is 2.48. The van der Waals surface area contributed by atoms with Crippen LogP contribution in [0, 0.1) is 10.1 Å². The number of likely N-dealkylation sites (N-methyl/N-ethyl adjacent to an activating group) is 1. The minimum absolute atomic E-state index is 0.0414. The molecule has 1 aromatic rings. The molecule has 0 spiro atoms. The summed E-state index contributed by atoms with van der Waals surface area (Å²) in [7, 11) is 0. The predicted molar refractivity (Wildman–Crippen MR) is 67.1 cm³/mol. The third-order valence-corrected chi connectivity index (χ3v) is 2.93. The lowest BCUT2D eigenvalue weighted by Gasteiger charge is -2.22. The summed E-state index contributed by atoms with van der Waals surface area (Å²) in [5.41, 5.74) is 0.950. The van der Waals surface area contributed by atoms with Crippen molar-refractivity contribution in [3.63, 3.8) is 0 Å². The molecule has 94 valence electrons. The number of hydrogen-bond donors (Lipinski definition) is 1. The van der Waals surface area contributed by atoms with Crippen LogP contribution in [0.15, 0.2) is 18.3 Å². The smallest absolute Gasteiger partial charge is 0.287 e. The zero-order chi connectivity index (χ0) is 12.8. The number of nitrogens with one attached hydrogen (secondary N) is 1. The first kappa shape index (κ1) is 13.6. The fourth-order valence-corrected chi connectivity index (χ4v) is 2.01. The van der Waals surface area contributed by atoms with E-state index in [0.29, 0.717) is 6.04 Å². The molecule has 0 aliphatic rings. The third kappa shape index (κ3) is 3.49. The van der Waals surface area contributed by atoms with Gasteiger partial charge in [-0.25, -0.2) is 0 Å². The van der Waals surface area contributed by atoms with Crippen LogP contribution in [-0.2, 0) is 0 Å². The standard InChI is InChI=1S/C12H19N3O2/c1-4-11(9(3)13-5-2)12-7-6-10(8-14-12)15(16)17/h6-9,11,13H,4-5H2,1-3H3. The van der Waals surface area contributed by atoms with E-state index < -0.39 is 4.92 Å². The van der Waals surface area contributed by atoms with Gasteiger partial charge in [-0.3, -0.25) is 15.1 Å². The van der Waals surface area contributed by atoms with Gasteiger partial charge in [0.15, 0.2) is 0 Å². The molecule has 1 rings (SSSR count). The number of rotatable bonds is 6. The van der Waals surface area contributed by atoms with E-state index in [9.17, 15) is 10.1 Å². The van der Waals surface area contributed by atoms with Crippen LogP contribution in [0.1, 0.15) is 38.8 Å². The number of pyridine rings is 1. The van der Waals surface area contributed by atoms with Gasteiger partial charge < -0.3 is 5.32 Å². The van der Waals surface area contributed by atoms with Crippen LogP contribution in [0.2, 0.25) is 0 Å². The zero-order valence-electron chi connectivity index (χ0n) is 10.5. The first-order valence-electron chi connectivity index (χ1n) is 5.93. The number of aromatic nitrogens is 1. The Morgan fingerprint density at radius 1 is 1.47 bits per heavy atom. The molecular weight excluding hydrogens is 218 g/mol. The van der Waals surface area contributed by atoms with E-state index in [0.717, 1.165) is 18.7 Å². The second-order valence-corrected chi connectivity index (χ2v) is 4.06. The van der Waals surface area contributed by atoms with Gasteiger partial charge in [-0.15, -0.1) is 0 Å². The molecule has 0 bridgehead atoms. The normalized spacial score (nSPS) is 14.3. The highest BCUT2D eigenvalue weighted by Crippen LogP contribution is 2.22. The van der Waals surface area contributed by atoms with Crippen molar-refractivity contribution >= 4 is 5.69 Å². The first-order valence-corrected chi connectivity index (χ1v) is 5.93. The lowest BCUT2D eigenvalue weighted by Crippen LogP contribution is -2.32. The number of nitro groups is 1. The van der Waals surface area contributed by atoms with E-state index in [1.54, 1.807) is 6.07 Å². The highest BCUT2D eigenvalue weighted by molar-refractivity contribution is 5.28. The van der Waals surface area contributed by atoms with Crippen LogP contribution in [-0.4, -0.2) is 22.5 Å². The van der Waals surface area contributed by atoms with Gasteiger partial charge in [-0.05, 0) is 26.0 Å². The summed E-state index contributed by atoms with van der Waals surface area (Å²) in [6, 6.07) is 3.59. The van der Waals surface area contributed by atoms with Gasteiger partial charge >= 0.3 is 0 Å². The van der Waals surface area contributed by atoms with Crippen LogP contribution < -0.4 is 5.32 Å². The summed E-state index contributed by atoms with van der Waals surface area (Å²) >= 11 is 0. The molecular formula is C12H19N3O2. The highest BCUT2D eigenvalue weighted by atomic mass is 16.6. The van der Waals surface area contributed by atoms with Crippen LogP contribution in [0.5, 0.6) is 0 Å². The van der Waals surface area contributed by atoms with Crippen molar-refractivity contribution in [1.82, 2.24) is 10.3 Å². The van der Waals surface area contributed by atoms with Crippen molar-refractivity contribution in [2.45, 2.75) is 39.2 Å². The van der Waals surface area contributed by atoms with Crippen molar-refractivity contribution < 1.29 is 4.92 Å². The molecule has 5 heteroatoms. The van der Waals surface area contributed by atoms with Crippen molar-refractivity contribution in [2.24, 2.45) is 0 Å². The molecule has 0 radical (unpaired) electrons. The maximum Gasteiger partial charge on any atom is 0.287 e. The van der Waals surface area contributed by atoms with E-state index in [2.05, 4.69) is 31.1 Å². The van der Waals surface area contributed by atoms with Gasteiger partial charge in [0.25, 0.3) is 5.69 Å². The van der Waals surface area contributed by atoms with Crippen LogP contribution in [0.4, 0.5) is 5.69 Å². The Morgan fingerprint density at radius 3 is 2.59 bits per heavy atom. The molecule has 0 amide bonds. The zero-order valence-corrected chi connectivity index (χ0v) is 10.5. The first-order chi connectivity index (χ1) is 8.10. The molecule has 2 atom stereocenters. The Bertz CT molecular complexity index is 365. The molecule has 0 saturated heterocycles. The summed E-state index contributed by atoms with van der Waals surface area (Å²) in [4.78, 5) is 14.3. The molecule has 1 aromatic heterocycles. The Balaban J connectivity index is 2.85. The van der Waals surface area contributed by atoms with Crippen LogP contribution in [0.25, 0.3) is 0 Å². The van der Waals surface area contributed by atoms with Gasteiger partial charge in [-0.1, -0.05) is 13.8 Å². The summed E-state index contributed by atoms with van der Waals surface area (Å²) in [6.45, 7) is 7.18. The third-order valence-electron chi connectivity index (χ3n) is 2.93. The minimum atomic E-state index is -0.425. The summed E-state index contributed by atoms with van der Waals surface area (Å²) in [5.74, 6) is 0.288. The molecule has 17 heavy (non-hydrogen) atoms. The topological polar surface area (TPSA) is 68.1 Å². The molecule has 0 fully saturated rings. The van der Waals surface area contributed by atoms with Gasteiger partial charge in [0.2, 0.25) is 0 Å². The van der Waals surface area contributed by atoms with Gasteiger partial charge in [0.1, 0.15) is 6.20 Å². The minimum Gasteiger partial charge on any atom is -0.314 e. The molecule has 1 N–H and O–H groups in total. The number of nitrogens with zero attached hydrogens (tertiary/aromatic N) is 2. The lowest BCUT2D eigenvalue weighted by atomic mass is 9.94. The lowest BCUT2D eigenvalue weighted by molar-refractivity contribution is -0.385. The molecule has 0 saturated carbocycles. The molecule has 0 aliphatic carbocycles. The summed E-state index contributed by atoms with van der Waals surface area (Å²) in [6.07, 6.45) is 2.29. The van der Waals surface area contributed by atoms with E-state index in [1.165, 1.54) is 12.3 Å². The van der Waals surface area contributed by atoms with E-state index >= 15 is 0 Å². The SMILES string of the molecule is CCNC(C)C(CC)c1ccc([N+](=O)[O-])cn1. The van der Waals surface area contributed by atoms with Crippen molar-refractivity contribution in [3.8, 4) is 0 Å². The van der Waals surface area contributed by atoms with E-state index in [1.807, 2.05) is 0 Å². The molecule has 2 unspecified atom stereocenters. The van der Waals surface area contributed by atoms with Gasteiger partial charge in [0, 0.05) is 23.7 Å². The average Bonchev–Trinajstić information content (AvgIpc) is 2.31. The van der Waals surface area contributed by atoms with E-state index in [4.69, 9.17) is 0 Å². The quantitative estimate of drug-likeness (QED) is 0.609. The molecule has 0 aromatic carbocycles. The van der Waals surface area contributed by atoms with E-state index in [-0.39, 0.29) is 11.6 Å². The van der Waals surface area contributed by atoms with Gasteiger partial charge in [-0.2, -0.15) is 0 Å². The van der Waals surface area contributed by atoms with Gasteiger partial charge in [0.05, 0.1) is 4.92 Å². The monoisotopic (exact) mass is 237 g/mol. The number of hydrogen-bond acceptors (Lipinski definition) is 4. The molecule has 0 aliphatic heterocycles. The Kier molecular flexibility index (Phi) is 5.03. The Morgan fingerprint density at radius 2 is 2.18 bits per heavy atom. The van der Waals surface area contributed by atoms with Crippen LogP contribution in [0.3, 0.4) is 0 Å². The maximum atomic E-state index is 10.5. The molecule has 1 heterocycles. The largest absolute Gasteiger partial charge is 0.314 e.